The molecule has 4 heterocycles. The summed E-state index contributed by atoms with van der Waals surface area (Å²) >= 11 is 1.23. The van der Waals surface area contributed by atoms with E-state index in [1.165, 1.54) is 21.8 Å². The zero-order valence-electron chi connectivity index (χ0n) is 16.6. The van der Waals surface area contributed by atoms with Gasteiger partial charge in [-0.05, 0) is 18.6 Å². The first-order valence-electron chi connectivity index (χ1n) is 9.85. The van der Waals surface area contributed by atoms with Gasteiger partial charge in [0.25, 0.3) is 5.91 Å². The number of anilines is 1. The van der Waals surface area contributed by atoms with Crippen molar-refractivity contribution in [2.45, 2.75) is 32.2 Å². The highest BCUT2D eigenvalue weighted by Gasteiger charge is 2.32. The number of aromatic nitrogens is 2. The monoisotopic (exact) mass is 463 g/mol. The van der Waals surface area contributed by atoms with Crippen LogP contribution in [0.2, 0.25) is 0 Å². The Kier molecular flexibility index (Phi) is 6.12. The molecule has 0 radical (unpaired) electrons. The van der Waals surface area contributed by atoms with E-state index in [2.05, 4.69) is 15.3 Å². The molecule has 0 aliphatic carbocycles. The van der Waals surface area contributed by atoms with Crippen molar-refractivity contribution in [3.63, 3.8) is 0 Å². The lowest BCUT2D eigenvalue weighted by molar-refractivity contribution is -0.147. The third-order valence-electron chi connectivity index (χ3n) is 5.16. The van der Waals surface area contributed by atoms with Gasteiger partial charge in [0.15, 0.2) is 5.13 Å². The molecule has 2 aromatic heterocycles. The summed E-state index contributed by atoms with van der Waals surface area (Å²) in [5, 5.41) is 3.10. The normalized spacial score (nSPS) is 17.5. The second kappa shape index (κ2) is 8.81. The Morgan fingerprint density at radius 2 is 1.94 bits per heavy atom. The van der Waals surface area contributed by atoms with E-state index < -0.39 is 10.0 Å². The number of pyridine rings is 1. The smallest absolute Gasteiger partial charge is 0.276 e. The molecule has 10 nitrogen and oxygen atoms in total. The molecule has 0 atom stereocenters. The third-order valence-corrected chi connectivity index (χ3v) is 7.96. The number of hydrogen-bond donors (Lipinski definition) is 1. The number of hydrogen-bond acceptors (Lipinski definition) is 8. The lowest BCUT2D eigenvalue weighted by atomic mass is 10.1. The lowest BCUT2D eigenvalue weighted by Gasteiger charge is -2.28. The first kappa shape index (κ1) is 21.5. The van der Waals surface area contributed by atoms with Gasteiger partial charge >= 0.3 is 0 Å². The van der Waals surface area contributed by atoms with Crippen LogP contribution >= 0.6 is 11.3 Å². The summed E-state index contributed by atoms with van der Waals surface area (Å²) in [6.45, 7) is 0.280. The van der Waals surface area contributed by atoms with E-state index in [9.17, 15) is 22.8 Å². The predicted octanol–water partition coefficient (Wildman–Crippen LogP) is 1.02. The van der Waals surface area contributed by atoms with Crippen LogP contribution in [-0.4, -0.2) is 64.2 Å². The average Bonchev–Trinajstić information content (AvgIpc) is 3.15. The second-order valence-electron chi connectivity index (χ2n) is 7.25. The number of nitrogens with zero attached hydrogens (tertiary/aromatic N) is 4. The van der Waals surface area contributed by atoms with Gasteiger partial charge in [-0.3, -0.25) is 29.6 Å². The fourth-order valence-corrected chi connectivity index (χ4v) is 5.97. The van der Waals surface area contributed by atoms with E-state index in [0.29, 0.717) is 18.0 Å². The number of fused-ring (bicyclic) bond motifs is 1. The van der Waals surface area contributed by atoms with E-state index in [-0.39, 0.29) is 61.6 Å². The van der Waals surface area contributed by atoms with Crippen molar-refractivity contribution >= 4 is 44.2 Å². The maximum atomic E-state index is 12.8. The van der Waals surface area contributed by atoms with Crippen molar-refractivity contribution in [2.24, 2.45) is 0 Å². The van der Waals surface area contributed by atoms with Gasteiger partial charge in [0, 0.05) is 50.0 Å². The van der Waals surface area contributed by atoms with E-state index in [1.54, 1.807) is 18.2 Å². The van der Waals surface area contributed by atoms with Crippen molar-refractivity contribution in [2.75, 3.05) is 24.2 Å². The molecule has 31 heavy (non-hydrogen) atoms. The highest BCUT2D eigenvalue weighted by molar-refractivity contribution is 7.89. The zero-order chi connectivity index (χ0) is 22.0. The molecule has 12 heteroatoms. The molecule has 0 aromatic carbocycles. The number of carbonyl (C=O) groups is 3. The van der Waals surface area contributed by atoms with Crippen LogP contribution in [0.5, 0.6) is 0 Å². The van der Waals surface area contributed by atoms with Crippen LogP contribution in [0.3, 0.4) is 0 Å². The maximum Gasteiger partial charge on any atom is 0.276 e. The molecule has 3 amide bonds. The molecule has 1 N–H and O–H groups in total. The lowest BCUT2D eigenvalue weighted by Crippen LogP contribution is -2.45. The molecule has 1 saturated heterocycles. The molecule has 1 fully saturated rings. The van der Waals surface area contributed by atoms with Gasteiger partial charge in [-0.1, -0.05) is 6.07 Å². The predicted molar refractivity (Wildman–Crippen MR) is 113 cm³/mol. The summed E-state index contributed by atoms with van der Waals surface area (Å²) < 4.78 is 27.0. The first-order chi connectivity index (χ1) is 14.8. The van der Waals surface area contributed by atoms with Crippen molar-refractivity contribution < 1.29 is 22.8 Å². The number of likely N-dealkylation sites (tertiary alicyclic amines) is 1. The van der Waals surface area contributed by atoms with Gasteiger partial charge in [-0.15, -0.1) is 11.3 Å². The molecule has 4 rings (SSSR count). The Morgan fingerprint density at radius 1 is 1.16 bits per heavy atom. The van der Waals surface area contributed by atoms with E-state index in [1.807, 2.05) is 0 Å². The molecule has 0 spiro atoms. The Hall–Kier alpha value is -2.70. The fraction of sp³-hybridized carbons (Fsp3) is 0.421. The van der Waals surface area contributed by atoms with E-state index in [0.717, 1.165) is 15.5 Å². The van der Waals surface area contributed by atoms with Crippen molar-refractivity contribution in [1.29, 1.82) is 0 Å². The molecule has 2 aliphatic rings. The number of amides is 3. The maximum absolute atomic E-state index is 12.8. The highest BCUT2D eigenvalue weighted by Crippen LogP contribution is 2.30. The number of rotatable bonds is 6. The number of carbonyl (C=O) groups excluding carboxylic acids is 3. The van der Waals surface area contributed by atoms with Gasteiger partial charge in [0.1, 0.15) is 5.69 Å². The van der Waals surface area contributed by atoms with Crippen molar-refractivity contribution in [3.05, 3.63) is 40.7 Å². The summed E-state index contributed by atoms with van der Waals surface area (Å²) in [7, 11) is -3.66. The van der Waals surface area contributed by atoms with Gasteiger partial charge in [0.2, 0.25) is 21.8 Å². The van der Waals surface area contributed by atoms with Crippen LogP contribution in [0.25, 0.3) is 0 Å². The SMILES string of the molecule is O=C(Nc1nc2c(s1)CN(S(=O)(=O)CCN1C(=O)CCCC1=O)CC2)c1ccccn1. The van der Waals surface area contributed by atoms with Crippen LogP contribution in [0.4, 0.5) is 5.13 Å². The second-order valence-corrected chi connectivity index (χ2v) is 10.4. The minimum absolute atomic E-state index is 0.128. The topological polar surface area (TPSA) is 130 Å². The van der Waals surface area contributed by atoms with Crippen molar-refractivity contribution in [1.82, 2.24) is 19.2 Å². The fourth-order valence-electron chi connectivity index (χ4n) is 3.51. The van der Waals surface area contributed by atoms with Crippen LogP contribution < -0.4 is 5.32 Å². The molecule has 0 unspecified atom stereocenters. The Bertz CT molecular complexity index is 1100. The molecular formula is C19H21N5O5S2. The standard InChI is InChI=1S/C19H21N5O5S2/c25-16-5-3-6-17(26)24(16)10-11-31(28,29)23-9-7-13-15(12-23)30-19(21-13)22-18(27)14-4-1-2-8-20-14/h1-2,4,8H,3,5-7,9-12H2,(H,21,22,27). The van der Waals surface area contributed by atoms with Crippen LogP contribution in [0.15, 0.2) is 24.4 Å². The third kappa shape index (κ3) is 4.81. The molecule has 0 saturated carbocycles. The summed E-state index contributed by atoms with van der Waals surface area (Å²) in [6, 6.07) is 5.02. The number of nitrogens with one attached hydrogen (secondary N) is 1. The molecule has 2 aliphatic heterocycles. The van der Waals surface area contributed by atoms with Crippen LogP contribution in [0, 0.1) is 0 Å². The summed E-state index contributed by atoms with van der Waals surface area (Å²) in [5.74, 6) is -1.32. The summed E-state index contributed by atoms with van der Waals surface area (Å²) in [4.78, 5) is 46.3. The molecule has 164 valence electrons. The largest absolute Gasteiger partial charge is 0.296 e. The highest BCUT2D eigenvalue weighted by atomic mass is 32.2. The molecule has 0 bridgehead atoms. The van der Waals surface area contributed by atoms with Crippen LogP contribution in [-0.2, 0) is 32.6 Å². The van der Waals surface area contributed by atoms with Crippen LogP contribution in [0.1, 0.15) is 40.3 Å². The summed E-state index contributed by atoms with van der Waals surface area (Å²) in [5.41, 5.74) is 1.02. The quantitative estimate of drug-likeness (QED) is 0.633. The molecule has 2 aromatic rings. The van der Waals surface area contributed by atoms with Gasteiger partial charge in [-0.2, -0.15) is 4.31 Å². The Labute approximate surface area is 183 Å². The van der Waals surface area contributed by atoms with Gasteiger partial charge in [-0.25, -0.2) is 13.4 Å². The first-order valence-corrected chi connectivity index (χ1v) is 12.3. The zero-order valence-corrected chi connectivity index (χ0v) is 18.2. The average molecular weight is 464 g/mol. The minimum atomic E-state index is -3.66. The van der Waals surface area contributed by atoms with Crippen molar-refractivity contribution in [3.8, 4) is 0 Å². The van der Waals surface area contributed by atoms with Gasteiger partial charge in [0.05, 0.1) is 11.4 Å². The Balaban J connectivity index is 1.39. The number of sulfonamides is 1. The number of piperidine rings is 1. The summed E-state index contributed by atoms with van der Waals surface area (Å²) in [6.07, 6.45) is 3.00. The number of imide groups is 1. The number of thiazole rings is 1. The van der Waals surface area contributed by atoms with Gasteiger partial charge < -0.3 is 0 Å². The van der Waals surface area contributed by atoms with E-state index in [4.69, 9.17) is 0 Å². The van der Waals surface area contributed by atoms with E-state index >= 15 is 0 Å². The molecular weight excluding hydrogens is 442 g/mol. The Morgan fingerprint density at radius 3 is 2.65 bits per heavy atom. The minimum Gasteiger partial charge on any atom is -0.296 e.